The Morgan fingerprint density at radius 2 is 1.12 bits per heavy atom. The summed E-state index contributed by atoms with van der Waals surface area (Å²) in [5.74, 6) is -1.56. The molecule has 0 aliphatic heterocycles. The SMILES string of the molecule is CCS(=O)(=O)NCCCOC(=O)/C=C/C(=O)OCCCNS(=O)(=O)CC. The van der Waals surface area contributed by atoms with E-state index in [1.807, 2.05) is 0 Å². The highest BCUT2D eigenvalue weighted by molar-refractivity contribution is 7.89. The van der Waals surface area contributed by atoms with Gasteiger partial charge < -0.3 is 9.47 Å². The van der Waals surface area contributed by atoms with Crippen LogP contribution >= 0.6 is 0 Å². The Labute approximate surface area is 154 Å². The number of sulfonamides is 2. The van der Waals surface area contributed by atoms with Crippen molar-refractivity contribution < 1.29 is 35.9 Å². The van der Waals surface area contributed by atoms with Crippen molar-refractivity contribution in [3.63, 3.8) is 0 Å². The van der Waals surface area contributed by atoms with E-state index in [2.05, 4.69) is 9.44 Å². The highest BCUT2D eigenvalue weighted by Gasteiger charge is 2.06. The van der Waals surface area contributed by atoms with Crippen LogP contribution in [0.25, 0.3) is 0 Å². The summed E-state index contributed by atoms with van der Waals surface area (Å²) in [5.41, 5.74) is 0. The van der Waals surface area contributed by atoms with Crippen LogP contribution in [-0.4, -0.2) is 66.6 Å². The van der Waals surface area contributed by atoms with E-state index in [9.17, 15) is 26.4 Å². The topological polar surface area (TPSA) is 145 Å². The zero-order chi connectivity index (χ0) is 20.1. The third-order valence-corrected chi connectivity index (χ3v) is 5.70. The van der Waals surface area contributed by atoms with Crippen LogP contribution < -0.4 is 9.44 Å². The van der Waals surface area contributed by atoms with E-state index in [0.29, 0.717) is 12.8 Å². The maximum atomic E-state index is 11.4. The smallest absolute Gasteiger partial charge is 0.331 e. The van der Waals surface area contributed by atoms with E-state index in [0.717, 1.165) is 12.2 Å². The van der Waals surface area contributed by atoms with Crippen molar-refractivity contribution in [3.05, 3.63) is 12.2 Å². The van der Waals surface area contributed by atoms with Crippen molar-refractivity contribution in [1.82, 2.24) is 9.44 Å². The molecule has 0 saturated carbocycles. The predicted molar refractivity (Wildman–Crippen MR) is 95.2 cm³/mol. The average Bonchev–Trinajstić information content (AvgIpc) is 2.59. The van der Waals surface area contributed by atoms with E-state index in [-0.39, 0.29) is 37.8 Å². The van der Waals surface area contributed by atoms with Gasteiger partial charge in [-0.3, -0.25) is 0 Å². The normalized spacial score (nSPS) is 12.2. The van der Waals surface area contributed by atoms with Gasteiger partial charge in [-0.05, 0) is 26.7 Å². The number of hydrogen-bond donors (Lipinski definition) is 2. The first-order valence-corrected chi connectivity index (χ1v) is 11.4. The Kier molecular flexibility index (Phi) is 12.1. The van der Waals surface area contributed by atoms with Crippen LogP contribution in [0.1, 0.15) is 26.7 Å². The first kappa shape index (κ1) is 24.5. The molecule has 0 aliphatic carbocycles. The number of nitrogens with one attached hydrogen (secondary N) is 2. The summed E-state index contributed by atoms with van der Waals surface area (Å²) in [6.07, 6.45) is 2.41. The molecular formula is C14H26N2O8S2. The Morgan fingerprint density at radius 3 is 1.42 bits per heavy atom. The van der Waals surface area contributed by atoms with E-state index >= 15 is 0 Å². The molecule has 0 aliphatic rings. The summed E-state index contributed by atoms with van der Waals surface area (Å²) >= 11 is 0. The molecule has 0 atom stereocenters. The lowest BCUT2D eigenvalue weighted by molar-refractivity contribution is -0.140. The number of carbonyl (C=O) groups is 2. The standard InChI is InChI=1S/C14H26N2O8S2/c1-3-25(19,20)15-9-5-11-23-13(17)7-8-14(18)24-12-6-10-16-26(21,22)4-2/h7-8,15-16H,3-6,9-12H2,1-2H3/b8-7+. The molecule has 0 aromatic rings. The van der Waals surface area contributed by atoms with Crippen LogP contribution in [0.3, 0.4) is 0 Å². The van der Waals surface area contributed by atoms with Crippen LogP contribution in [0, 0.1) is 0 Å². The Bertz CT molecular complexity index is 613. The minimum absolute atomic E-state index is 0.00201. The number of esters is 2. The molecule has 0 aromatic carbocycles. The van der Waals surface area contributed by atoms with E-state index < -0.39 is 32.0 Å². The van der Waals surface area contributed by atoms with E-state index in [1.165, 1.54) is 13.8 Å². The summed E-state index contributed by atoms with van der Waals surface area (Å²) < 4.78 is 58.8. The molecule has 0 rings (SSSR count). The zero-order valence-corrected chi connectivity index (χ0v) is 16.5. The lowest BCUT2D eigenvalue weighted by Crippen LogP contribution is -2.27. The Hall–Kier alpha value is -1.50. The quantitative estimate of drug-likeness (QED) is 0.215. The third kappa shape index (κ3) is 13.8. The van der Waals surface area contributed by atoms with E-state index in [1.54, 1.807) is 0 Å². The lowest BCUT2D eigenvalue weighted by atomic mass is 10.4. The zero-order valence-electron chi connectivity index (χ0n) is 14.9. The van der Waals surface area contributed by atoms with Gasteiger partial charge in [-0.25, -0.2) is 35.9 Å². The second-order valence-corrected chi connectivity index (χ2v) is 9.16. The maximum absolute atomic E-state index is 11.4. The number of carbonyl (C=O) groups excluding carboxylic acids is 2. The fourth-order valence-electron chi connectivity index (χ4n) is 1.38. The fraction of sp³-hybridized carbons (Fsp3) is 0.714. The lowest BCUT2D eigenvalue weighted by Gasteiger charge is -2.05. The highest BCUT2D eigenvalue weighted by Crippen LogP contribution is 1.91. The molecule has 10 nitrogen and oxygen atoms in total. The van der Waals surface area contributed by atoms with Crippen molar-refractivity contribution in [3.8, 4) is 0 Å². The van der Waals surface area contributed by atoms with Crippen LogP contribution in [0.4, 0.5) is 0 Å². The molecule has 0 bridgehead atoms. The molecule has 12 heteroatoms. The summed E-state index contributed by atoms with van der Waals surface area (Å²) in [4.78, 5) is 22.7. The van der Waals surface area contributed by atoms with Crippen LogP contribution in [0.15, 0.2) is 12.2 Å². The molecule has 0 amide bonds. The van der Waals surface area contributed by atoms with Crippen molar-refractivity contribution >= 4 is 32.0 Å². The molecule has 26 heavy (non-hydrogen) atoms. The maximum Gasteiger partial charge on any atom is 0.331 e. The van der Waals surface area contributed by atoms with Gasteiger partial charge >= 0.3 is 11.9 Å². The van der Waals surface area contributed by atoms with Gasteiger partial charge in [-0.1, -0.05) is 0 Å². The predicted octanol–water partition coefficient (Wildman–Crippen LogP) is -0.712. The van der Waals surface area contributed by atoms with Crippen LogP contribution in [-0.2, 0) is 39.1 Å². The summed E-state index contributed by atoms with van der Waals surface area (Å²) in [7, 11) is -6.54. The molecule has 0 heterocycles. The van der Waals surface area contributed by atoms with Crippen molar-refractivity contribution in [2.24, 2.45) is 0 Å². The van der Waals surface area contributed by atoms with Crippen LogP contribution in [0.2, 0.25) is 0 Å². The molecule has 0 unspecified atom stereocenters. The van der Waals surface area contributed by atoms with Crippen molar-refractivity contribution in [2.75, 3.05) is 37.8 Å². The van der Waals surface area contributed by atoms with Crippen molar-refractivity contribution in [2.45, 2.75) is 26.7 Å². The molecule has 0 radical (unpaired) electrons. The van der Waals surface area contributed by atoms with Gasteiger partial charge in [0.1, 0.15) is 0 Å². The largest absolute Gasteiger partial charge is 0.462 e. The fourth-order valence-corrected chi connectivity index (χ4v) is 2.70. The van der Waals surface area contributed by atoms with Gasteiger partial charge in [0.15, 0.2) is 0 Å². The number of rotatable bonds is 14. The average molecular weight is 415 g/mol. The van der Waals surface area contributed by atoms with Crippen LogP contribution in [0.5, 0.6) is 0 Å². The highest BCUT2D eigenvalue weighted by atomic mass is 32.2. The summed E-state index contributed by atoms with van der Waals surface area (Å²) in [6.45, 7) is 3.32. The second-order valence-electron chi connectivity index (χ2n) is 4.97. The Morgan fingerprint density at radius 1 is 0.769 bits per heavy atom. The molecule has 0 fully saturated rings. The molecule has 152 valence electrons. The first-order valence-electron chi connectivity index (χ1n) is 8.08. The second kappa shape index (κ2) is 12.8. The minimum atomic E-state index is -3.27. The molecular weight excluding hydrogens is 388 g/mol. The van der Waals surface area contributed by atoms with Gasteiger partial charge in [0.25, 0.3) is 0 Å². The van der Waals surface area contributed by atoms with Gasteiger partial charge in [0, 0.05) is 25.2 Å². The minimum Gasteiger partial charge on any atom is -0.462 e. The number of hydrogen-bond acceptors (Lipinski definition) is 8. The van der Waals surface area contributed by atoms with E-state index in [4.69, 9.17) is 9.47 Å². The van der Waals surface area contributed by atoms with Gasteiger partial charge in [-0.15, -0.1) is 0 Å². The monoisotopic (exact) mass is 414 g/mol. The van der Waals surface area contributed by atoms with Gasteiger partial charge in [0.05, 0.1) is 24.7 Å². The number of ether oxygens (including phenoxy) is 2. The van der Waals surface area contributed by atoms with Crippen molar-refractivity contribution in [1.29, 1.82) is 0 Å². The summed E-state index contributed by atoms with van der Waals surface area (Å²) in [5, 5.41) is 0. The van der Waals surface area contributed by atoms with Gasteiger partial charge in [-0.2, -0.15) is 0 Å². The third-order valence-electron chi connectivity index (χ3n) is 2.89. The molecule has 2 N–H and O–H groups in total. The first-order chi connectivity index (χ1) is 12.1. The Balaban J connectivity index is 3.81. The molecule has 0 aromatic heterocycles. The molecule has 0 saturated heterocycles. The summed E-state index contributed by atoms with van der Waals surface area (Å²) in [6, 6.07) is 0. The molecule has 0 spiro atoms. The van der Waals surface area contributed by atoms with Gasteiger partial charge in [0.2, 0.25) is 20.0 Å².